The third kappa shape index (κ3) is 2.16. The van der Waals surface area contributed by atoms with Crippen LogP contribution in [-0.4, -0.2) is 23.6 Å². The largest absolute Gasteiger partial charge is 0.462 e. The van der Waals surface area contributed by atoms with Crippen LogP contribution in [0.2, 0.25) is 0 Å². The molecule has 142 valence electrons. The van der Waals surface area contributed by atoms with Gasteiger partial charge in [0.2, 0.25) is 0 Å². The van der Waals surface area contributed by atoms with Gasteiger partial charge in [-0.05, 0) is 42.4 Å². The summed E-state index contributed by atoms with van der Waals surface area (Å²) in [5.74, 6) is 0.190. The summed E-state index contributed by atoms with van der Waals surface area (Å²) in [5.41, 5.74) is 0.193. The van der Waals surface area contributed by atoms with Crippen molar-refractivity contribution in [1.82, 2.24) is 0 Å². The van der Waals surface area contributed by atoms with E-state index in [0.29, 0.717) is 12.8 Å². The molecule has 0 amide bonds. The minimum Gasteiger partial charge on any atom is -0.462 e. The Kier molecular flexibility index (Phi) is 3.65. The highest BCUT2D eigenvalue weighted by atomic mass is 16.5. The normalized spacial score (nSPS) is 46.5. The van der Waals surface area contributed by atoms with Crippen LogP contribution < -0.4 is 0 Å². The molecule has 0 radical (unpaired) electrons. The van der Waals surface area contributed by atoms with Gasteiger partial charge in [0.1, 0.15) is 17.7 Å². The molecule has 0 aromatic heterocycles. The number of carbonyl (C=O) groups is 3. The van der Waals surface area contributed by atoms with Crippen LogP contribution in [0.25, 0.3) is 0 Å². The monoisotopic (exact) mass is 358 g/mol. The maximum absolute atomic E-state index is 13.3. The fourth-order valence-electron chi connectivity index (χ4n) is 7.50. The van der Waals surface area contributed by atoms with Crippen molar-refractivity contribution >= 4 is 17.5 Å². The van der Waals surface area contributed by atoms with Gasteiger partial charge in [-0.15, -0.1) is 0 Å². The van der Waals surface area contributed by atoms with Gasteiger partial charge in [-0.2, -0.15) is 0 Å². The van der Waals surface area contributed by atoms with Gasteiger partial charge < -0.3 is 4.74 Å². The van der Waals surface area contributed by atoms with E-state index in [2.05, 4.69) is 27.4 Å². The lowest BCUT2D eigenvalue weighted by Gasteiger charge is -2.64. The molecule has 6 atom stereocenters. The van der Waals surface area contributed by atoms with Gasteiger partial charge in [-0.3, -0.25) is 14.4 Å². The summed E-state index contributed by atoms with van der Waals surface area (Å²) in [4.78, 5) is 38.0. The molecule has 0 aromatic carbocycles. The molecule has 2 bridgehead atoms. The van der Waals surface area contributed by atoms with E-state index in [-0.39, 0.29) is 52.2 Å². The molecule has 4 nitrogen and oxygen atoms in total. The summed E-state index contributed by atoms with van der Waals surface area (Å²) in [5, 5.41) is 0. The van der Waals surface area contributed by atoms with Crippen molar-refractivity contribution < 1.29 is 19.1 Å². The molecule has 4 aliphatic carbocycles. The van der Waals surface area contributed by atoms with Gasteiger partial charge >= 0.3 is 5.97 Å². The van der Waals surface area contributed by atoms with E-state index in [0.717, 1.165) is 31.3 Å². The summed E-state index contributed by atoms with van der Waals surface area (Å²) >= 11 is 0. The minimum absolute atomic E-state index is 0.0333. The molecule has 26 heavy (non-hydrogen) atoms. The van der Waals surface area contributed by atoms with Gasteiger partial charge in [0.25, 0.3) is 0 Å². The van der Waals surface area contributed by atoms with Crippen LogP contribution >= 0.6 is 0 Å². The van der Waals surface area contributed by atoms with Crippen LogP contribution in [0.5, 0.6) is 0 Å². The van der Waals surface area contributed by atoms with Crippen LogP contribution in [0.4, 0.5) is 0 Å². The predicted octanol–water partition coefficient (Wildman–Crippen LogP) is 3.88. The second-order valence-corrected chi connectivity index (χ2v) is 10.2. The number of allylic oxidation sites excluding steroid dienone is 1. The average Bonchev–Trinajstić information content (AvgIpc) is 2.79. The number of hydrogen-bond donors (Lipinski definition) is 0. The fraction of sp³-hybridized carbons (Fsp3) is 0.773. The molecule has 4 rings (SSSR count). The first-order chi connectivity index (χ1) is 12.0. The number of rotatable bonds is 1. The van der Waals surface area contributed by atoms with Crippen LogP contribution in [0.1, 0.15) is 66.2 Å². The molecule has 1 spiro atoms. The van der Waals surface area contributed by atoms with Crippen molar-refractivity contribution in [2.75, 3.05) is 0 Å². The van der Waals surface area contributed by atoms with Gasteiger partial charge in [0, 0.05) is 37.0 Å². The van der Waals surface area contributed by atoms with Crippen LogP contribution in [0, 0.1) is 34.0 Å². The molecular formula is C22H30O4. The minimum atomic E-state index is -0.606. The first-order valence-electron chi connectivity index (χ1n) is 9.92. The molecule has 4 aliphatic rings. The lowest BCUT2D eigenvalue weighted by molar-refractivity contribution is -0.209. The van der Waals surface area contributed by atoms with Crippen LogP contribution in [-0.2, 0) is 19.1 Å². The number of fused-ring (bicyclic) bond motifs is 3. The summed E-state index contributed by atoms with van der Waals surface area (Å²) < 4.78 is 5.86. The van der Waals surface area contributed by atoms with E-state index in [1.54, 1.807) is 0 Å². The zero-order chi connectivity index (χ0) is 19.1. The summed E-state index contributed by atoms with van der Waals surface area (Å²) in [6.07, 6.45) is 3.92. The standard InChI is InChI=1S/C22H30O4/c1-12-9-22-10-14(12)15(24)8-17(22)21(5)18(25)6-7-20(3,4)19(21)16(11-22)26-13(2)23/h14,16-17,19H,1,6-11H2,2-5H3/t14-,16+,17+,19+,21-,22-/m0/s1. The van der Waals surface area contributed by atoms with Crippen LogP contribution in [0.15, 0.2) is 12.2 Å². The third-order valence-electron chi connectivity index (χ3n) is 8.32. The van der Waals surface area contributed by atoms with Crippen LogP contribution in [0.3, 0.4) is 0 Å². The zero-order valence-electron chi connectivity index (χ0n) is 16.4. The molecule has 4 saturated carbocycles. The maximum Gasteiger partial charge on any atom is 0.302 e. The van der Waals surface area contributed by atoms with Crippen molar-refractivity contribution in [1.29, 1.82) is 0 Å². The van der Waals surface area contributed by atoms with E-state index in [4.69, 9.17) is 4.74 Å². The molecule has 0 aliphatic heterocycles. The highest BCUT2D eigenvalue weighted by molar-refractivity contribution is 5.91. The first kappa shape index (κ1) is 17.9. The van der Waals surface area contributed by atoms with Gasteiger partial charge in [-0.25, -0.2) is 0 Å². The lowest BCUT2D eigenvalue weighted by Crippen LogP contribution is -2.65. The third-order valence-corrected chi connectivity index (χ3v) is 8.32. The predicted molar refractivity (Wildman–Crippen MR) is 97.2 cm³/mol. The molecule has 4 heteroatoms. The maximum atomic E-state index is 13.3. The second-order valence-electron chi connectivity index (χ2n) is 10.2. The number of Topliss-reactive ketones (excluding diaryl/α,β-unsaturated/α-hetero) is 2. The van der Waals surface area contributed by atoms with Gasteiger partial charge in [0.15, 0.2) is 0 Å². The van der Waals surface area contributed by atoms with Crippen molar-refractivity contribution in [3.63, 3.8) is 0 Å². The zero-order valence-corrected chi connectivity index (χ0v) is 16.4. The molecule has 0 unspecified atom stereocenters. The Morgan fingerprint density at radius 2 is 1.88 bits per heavy atom. The Hall–Kier alpha value is -1.45. The summed E-state index contributed by atoms with van der Waals surface area (Å²) in [6, 6.07) is 0. The van der Waals surface area contributed by atoms with E-state index in [1.807, 2.05) is 0 Å². The van der Waals surface area contributed by atoms with E-state index in [1.165, 1.54) is 6.92 Å². The Morgan fingerprint density at radius 3 is 2.54 bits per heavy atom. The van der Waals surface area contributed by atoms with Gasteiger partial charge in [0.05, 0.1) is 0 Å². The highest BCUT2D eigenvalue weighted by Gasteiger charge is 2.70. The number of ketones is 2. The smallest absolute Gasteiger partial charge is 0.302 e. The quantitative estimate of drug-likeness (QED) is 0.527. The number of carbonyl (C=O) groups excluding carboxylic acids is 3. The Labute approximate surface area is 155 Å². The molecule has 4 fully saturated rings. The molecule has 0 aromatic rings. The average molecular weight is 358 g/mol. The number of esters is 1. The first-order valence-corrected chi connectivity index (χ1v) is 9.92. The summed E-state index contributed by atoms with van der Waals surface area (Å²) in [6.45, 7) is 12.1. The highest BCUT2D eigenvalue weighted by Crippen LogP contribution is 2.71. The Morgan fingerprint density at radius 1 is 1.19 bits per heavy atom. The SMILES string of the molecule is C=C1C[C@@]23C[C@@H]1C(=O)C[C@@H]2[C@@]1(C)C(=O)CCC(C)(C)[C@H]1[C@H](OC(C)=O)C3. The Bertz CT molecular complexity index is 720. The fourth-order valence-corrected chi connectivity index (χ4v) is 7.50. The van der Waals surface area contributed by atoms with Crippen molar-refractivity contribution in [2.24, 2.45) is 34.0 Å². The van der Waals surface area contributed by atoms with Crippen molar-refractivity contribution in [2.45, 2.75) is 72.3 Å². The van der Waals surface area contributed by atoms with E-state index in [9.17, 15) is 14.4 Å². The Balaban J connectivity index is 1.87. The molecular weight excluding hydrogens is 328 g/mol. The molecule has 0 saturated heterocycles. The van der Waals surface area contributed by atoms with Crippen molar-refractivity contribution in [3.05, 3.63) is 12.2 Å². The summed E-state index contributed by atoms with van der Waals surface area (Å²) in [7, 11) is 0. The number of hydrogen-bond acceptors (Lipinski definition) is 4. The molecule has 0 N–H and O–H groups in total. The second kappa shape index (κ2) is 5.30. The van der Waals surface area contributed by atoms with Crippen molar-refractivity contribution in [3.8, 4) is 0 Å². The number of ether oxygens (including phenoxy) is 1. The topological polar surface area (TPSA) is 60.4 Å². The lowest BCUT2D eigenvalue weighted by atomic mass is 9.40. The van der Waals surface area contributed by atoms with E-state index >= 15 is 0 Å². The molecule has 0 heterocycles. The van der Waals surface area contributed by atoms with E-state index < -0.39 is 5.41 Å². The van der Waals surface area contributed by atoms with Gasteiger partial charge in [-0.1, -0.05) is 32.9 Å².